The molecule has 0 amide bonds. The van der Waals surface area contributed by atoms with E-state index in [4.69, 9.17) is 12.2 Å². The molecule has 0 unspecified atom stereocenters. The van der Waals surface area contributed by atoms with Gasteiger partial charge in [0.05, 0.1) is 28.8 Å². The van der Waals surface area contributed by atoms with Gasteiger partial charge in [0.1, 0.15) is 5.82 Å². The molecule has 0 aliphatic rings. The summed E-state index contributed by atoms with van der Waals surface area (Å²) in [7, 11) is 0. The average Bonchev–Trinajstić information content (AvgIpc) is 3.24. The second-order valence-electron chi connectivity index (χ2n) is 7.51. The molecular formula is C25H20N4O2S. The summed E-state index contributed by atoms with van der Waals surface area (Å²) in [5.74, 6) is 0.498. The molecule has 2 N–H and O–H groups in total. The van der Waals surface area contributed by atoms with Crippen molar-refractivity contribution >= 4 is 23.3 Å². The number of hydrogen-bond donors (Lipinski definition) is 2. The number of nitrogens with one attached hydrogen (secondary N) is 1. The fourth-order valence-corrected chi connectivity index (χ4v) is 4.16. The molecule has 0 radical (unpaired) electrons. The van der Waals surface area contributed by atoms with E-state index in [1.807, 2.05) is 84.9 Å². The van der Waals surface area contributed by atoms with E-state index in [9.17, 15) is 9.90 Å². The number of benzene rings is 3. The van der Waals surface area contributed by atoms with Crippen molar-refractivity contribution in [1.82, 2.24) is 19.1 Å². The van der Waals surface area contributed by atoms with Gasteiger partial charge in [-0.3, -0.25) is 13.9 Å². The molecule has 3 aromatic carbocycles. The van der Waals surface area contributed by atoms with Crippen LogP contribution < -0.4 is 5.56 Å². The van der Waals surface area contributed by atoms with Crippen molar-refractivity contribution in [3.63, 3.8) is 0 Å². The number of nitrogens with zero attached hydrogens (tertiary/aromatic N) is 3. The number of aromatic amines is 1. The first-order valence-electron chi connectivity index (χ1n) is 10.2. The predicted octanol–water partition coefficient (Wildman–Crippen LogP) is 4.59. The molecule has 32 heavy (non-hydrogen) atoms. The number of hydrogen-bond acceptors (Lipinski definition) is 4. The second-order valence-corrected chi connectivity index (χ2v) is 7.88. The minimum Gasteiger partial charge on any atom is -0.494 e. The van der Waals surface area contributed by atoms with Crippen molar-refractivity contribution in [1.29, 1.82) is 0 Å². The van der Waals surface area contributed by atoms with Gasteiger partial charge in [-0.25, -0.2) is 4.98 Å². The molecule has 0 bridgehead atoms. The highest BCUT2D eigenvalue weighted by molar-refractivity contribution is 7.71. The van der Waals surface area contributed by atoms with Gasteiger partial charge < -0.3 is 10.1 Å². The smallest absolute Gasteiger partial charge is 0.266 e. The molecule has 5 rings (SSSR count). The van der Waals surface area contributed by atoms with Gasteiger partial charge in [-0.1, -0.05) is 60.7 Å². The van der Waals surface area contributed by atoms with Crippen LogP contribution >= 0.6 is 12.2 Å². The summed E-state index contributed by atoms with van der Waals surface area (Å²) < 4.78 is 3.23. The zero-order valence-electron chi connectivity index (χ0n) is 17.1. The average molecular weight is 441 g/mol. The minimum absolute atomic E-state index is 0.142. The van der Waals surface area contributed by atoms with Crippen LogP contribution in [0.3, 0.4) is 0 Å². The lowest BCUT2D eigenvalue weighted by Crippen LogP contribution is -2.28. The number of imidazole rings is 1. The normalized spacial score (nSPS) is 11.1. The van der Waals surface area contributed by atoms with Crippen LogP contribution in [-0.4, -0.2) is 24.2 Å². The lowest BCUT2D eigenvalue weighted by Gasteiger charge is -2.17. The molecule has 6 nitrogen and oxygen atoms in total. The van der Waals surface area contributed by atoms with Crippen molar-refractivity contribution in [2.45, 2.75) is 13.0 Å². The van der Waals surface area contributed by atoms with Gasteiger partial charge in [0, 0.05) is 6.42 Å². The molecule has 0 saturated heterocycles. The van der Waals surface area contributed by atoms with E-state index in [0.29, 0.717) is 11.5 Å². The largest absolute Gasteiger partial charge is 0.494 e. The van der Waals surface area contributed by atoms with Crippen molar-refractivity contribution in [2.75, 3.05) is 0 Å². The summed E-state index contributed by atoms with van der Waals surface area (Å²) in [6, 6.07) is 26.5. The molecule has 5 aromatic rings. The molecule has 0 fully saturated rings. The van der Waals surface area contributed by atoms with Gasteiger partial charge in [-0.05, 0) is 42.0 Å². The topological polar surface area (TPSA) is 75.8 Å². The summed E-state index contributed by atoms with van der Waals surface area (Å²) in [4.78, 5) is 21.3. The Balaban J connectivity index is 1.70. The van der Waals surface area contributed by atoms with Gasteiger partial charge in [-0.2, -0.15) is 0 Å². The molecule has 0 aliphatic carbocycles. The lowest BCUT2D eigenvalue weighted by atomic mass is 10.1. The molecule has 7 heteroatoms. The fourth-order valence-electron chi connectivity index (χ4n) is 3.82. The first-order chi connectivity index (χ1) is 15.6. The van der Waals surface area contributed by atoms with Crippen LogP contribution in [0.2, 0.25) is 0 Å². The summed E-state index contributed by atoms with van der Waals surface area (Å²) in [5, 5.41) is 11.2. The molecule has 158 valence electrons. The highest BCUT2D eigenvalue weighted by Crippen LogP contribution is 2.22. The number of para-hydroxylation sites is 3. The van der Waals surface area contributed by atoms with Crippen LogP contribution in [-0.2, 0) is 13.0 Å². The Morgan fingerprint density at radius 3 is 2.28 bits per heavy atom. The van der Waals surface area contributed by atoms with E-state index < -0.39 is 0 Å². The SMILES string of the molecule is O=c1c(Cc2ccccc2)c(O)n(Cc2nc3ccccc3[nH]2)c(=S)n1-c1ccccc1. The highest BCUT2D eigenvalue weighted by Gasteiger charge is 2.19. The van der Waals surface area contributed by atoms with Crippen LogP contribution in [0.25, 0.3) is 16.7 Å². The highest BCUT2D eigenvalue weighted by atomic mass is 32.1. The maximum absolute atomic E-state index is 13.5. The molecule has 0 atom stereocenters. The number of fused-ring (bicyclic) bond motifs is 1. The van der Waals surface area contributed by atoms with Crippen LogP contribution in [0.1, 0.15) is 17.0 Å². The van der Waals surface area contributed by atoms with Crippen molar-refractivity contribution in [2.24, 2.45) is 0 Å². The quantitative estimate of drug-likeness (QED) is 0.392. The number of rotatable bonds is 5. The molecule has 0 saturated carbocycles. The Hall–Kier alpha value is -3.97. The number of aromatic hydroxyl groups is 1. The molecule has 2 aromatic heterocycles. The fraction of sp³-hybridized carbons (Fsp3) is 0.0800. The van der Waals surface area contributed by atoms with Crippen molar-refractivity contribution in [3.8, 4) is 11.6 Å². The summed E-state index contributed by atoms with van der Waals surface area (Å²) in [5.41, 5.74) is 3.25. The standard InChI is InChI=1S/C25H20N4O2S/c30-23-19(15-17-9-3-1-4-10-17)24(31)29(18-11-5-2-6-12-18)25(32)28(23)16-22-26-20-13-7-8-14-21(20)27-22/h1-14,30H,15-16H2,(H,26,27). The van der Waals surface area contributed by atoms with E-state index in [0.717, 1.165) is 16.6 Å². The Morgan fingerprint density at radius 2 is 1.56 bits per heavy atom. The Labute approximate surface area is 189 Å². The van der Waals surface area contributed by atoms with Gasteiger partial charge in [0.15, 0.2) is 4.77 Å². The van der Waals surface area contributed by atoms with Gasteiger partial charge >= 0.3 is 0 Å². The maximum Gasteiger partial charge on any atom is 0.266 e. The minimum atomic E-state index is -0.330. The zero-order valence-corrected chi connectivity index (χ0v) is 17.9. The third-order valence-corrected chi connectivity index (χ3v) is 5.80. The van der Waals surface area contributed by atoms with Gasteiger partial charge in [-0.15, -0.1) is 0 Å². The summed E-state index contributed by atoms with van der Waals surface area (Å²) in [6.07, 6.45) is 0.286. The zero-order chi connectivity index (χ0) is 22.1. The third kappa shape index (κ3) is 3.63. The third-order valence-electron chi connectivity index (χ3n) is 5.39. The molecule has 0 spiro atoms. The maximum atomic E-state index is 13.5. The van der Waals surface area contributed by atoms with Crippen LogP contribution in [0.15, 0.2) is 89.7 Å². The first kappa shape index (κ1) is 20.0. The van der Waals surface area contributed by atoms with E-state index in [1.54, 1.807) is 4.57 Å². The first-order valence-corrected chi connectivity index (χ1v) is 10.6. The molecular weight excluding hydrogens is 420 g/mol. The van der Waals surface area contributed by atoms with Crippen molar-refractivity contribution < 1.29 is 5.11 Å². The molecule has 2 heterocycles. The summed E-state index contributed by atoms with van der Waals surface area (Å²) in [6.45, 7) is 0.203. The Kier molecular flexibility index (Phi) is 5.17. The van der Waals surface area contributed by atoms with Crippen molar-refractivity contribution in [3.05, 3.63) is 117 Å². The van der Waals surface area contributed by atoms with Gasteiger partial charge in [0.25, 0.3) is 5.56 Å². The van der Waals surface area contributed by atoms with E-state index >= 15 is 0 Å². The monoisotopic (exact) mass is 440 g/mol. The van der Waals surface area contributed by atoms with E-state index in [2.05, 4.69) is 9.97 Å². The van der Waals surface area contributed by atoms with Crippen LogP contribution in [0.5, 0.6) is 5.88 Å². The number of H-pyrrole nitrogens is 1. The Morgan fingerprint density at radius 1 is 0.906 bits per heavy atom. The summed E-state index contributed by atoms with van der Waals surface area (Å²) >= 11 is 5.68. The Bertz CT molecular complexity index is 1490. The van der Waals surface area contributed by atoms with E-state index in [1.165, 1.54) is 4.57 Å². The number of aromatic nitrogens is 4. The van der Waals surface area contributed by atoms with Gasteiger partial charge in [0.2, 0.25) is 5.88 Å². The lowest BCUT2D eigenvalue weighted by molar-refractivity contribution is 0.401. The van der Waals surface area contributed by atoms with Crippen LogP contribution in [0.4, 0.5) is 0 Å². The predicted molar refractivity (Wildman–Crippen MR) is 127 cm³/mol. The van der Waals surface area contributed by atoms with E-state index in [-0.39, 0.29) is 34.7 Å². The second kappa shape index (κ2) is 8.28. The molecule has 0 aliphatic heterocycles. The van der Waals surface area contributed by atoms with Crippen LogP contribution in [0, 0.1) is 4.77 Å².